The second kappa shape index (κ2) is 7.83. The summed E-state index contributed by atoms with van der Waals surface area (Å²) in [7, 11) is 4.46. The number of nitrogens with zero attached hydrogens (tertiary/aromatic N) is 1. The Morgan fingerprint density at radius 2 is 1.59 bits per heavy atom. The first-order valence-corrected chi connectivity index (χ1v) is 8.88. The summed E-state index contributed by atoms with van der Waals surface area (Å²) >= 11 is 0. The number of rotatable bonds is 7. The lowest BCUT2D eigenvalue weighted by Crippen LogP contribution is -2.41. The molecule has 1 N–H and O–H groups in total. The average molecular weight is 398 g/mol. The fourth-order valence-electron chi connectivity index (χ4n) is 3.22. The van der Waals surface area contributed by atoms with Crippen LogP contribution >= 0.6 is 0 Å². The average Bonchev–Trinajstić information content (AvgIpc) is 2.97. The molecule has 2 aromatic carbocycles. The zero-order chi connectivity index (χ0) is 21.2. The van der Waals surface area contributed by atoms with Gasteiger partial charge in [0, 0.05) is 0 Å². The largest absolute Gasteiger partial charge is 0.497 e. The van der Waals surface area contributed by atoms with Gasteiger partial charge < -0.3 is 19.5 Å². The Balaban J connectivity index is 1.86. The van der Waals surface area contributed by atoms with Crippen molar-refractivity contribution >= 4 is 17.7 Å². The van der Waals surface area contributed by atoms with Gasteiger partial charge in [0.05, 0.1) is 33.4 Å². The van der Waals surface area contributed by atoms with Crippen LogP contribution in [-0.4, -0.2) is 50.5 Å². The highest BCUT2D eigenvalue weighted by molar-refractivity contribution is 6.11. The van der Waals surface area contributed by atoms with Gasteiger partial charge in [0.1, 0.15) is 22.8 Å². The third-order valence-electron chi connectivity index (χ3n) is 4.95. The van der Waals surface area contributed by atoms with E-state index < -0.39 is 29.8 Å². The molecule has 1 atom stereocenters. The Labute approximate surface area is 168 Å². The summed E-state index contributed by atoms with van der Waals surface area (Å²) in [6, 6.07) is 10.9. The van der Waals surface area contributed by atoms with Crippen molar-refractivity contribution in [1.82, 2.24) is 10.2 Å². The summed E-state index contributed by atoms with van der Waals surface area (Å²) in [5, 5.41) is 2.68. The van der Waals surface area contributed by atoms with Crippen LogP contribution < -0.4 is 19.5 Å². The summed E-state index contributed by atoms with van der Waals surface area (Å²) in [4.78, 5) is 39.3. The molecule has 152 valence electrons. The van der Waals surface area contributed by atoms with E-state index in [0.29, 0.717) is 22.8 Å². The lowest BCUT2D eigenvalue weighted by molar-refractivity contribution is -0.130. The number of amides is 3. The molecule has 1 heterocycles. The van der Waals surface area contributed by atoms with Crippen molar-refractivity contribution in [2.75, 3.05) is 27.9 Å². The van der Waals surface area contributed by atoms with Crippen molar-refractivity contribution in [2.45, 2.75) is 12.5 Å². The second-order valence-corrected chi connectivity index (χ2v) is 6.66. The van der Waals surface area contributed by atoms with Crippen LogP contribution in [0.3, 0.4) is 0 Å². The Hall–Kier alpha value is -3.55. The third kappa shape index (κ3) is 3.61. The van der Waals surface area contributed by atoms with Gasteiger partial charge in [-0.3, -0.25) is 14.5 Å². The van der Waals surface area contributed by atoms with E-state index in [1.807, 2.05) is 0 Å². The van der Waals surface area contributed by atoms with E-state index in [2.05, 4.69) is 5.32 Å². The van der Waals surface area contributed by atoms with Crippen LogP contribution in [0.15, 0.2) is 42.5 Å². The predicted molar refractivity (Wildman–Crippen MR) is 104 cm³/mol. The molecule has 0 unspecified atom stereocenters. The van der Waals surface area contributed by atoms with E-state index in [0.717, 1.165) is 4.90 Å². The Morgan fingerprint density at radius 1 is 0.966 bits per heavy atom. The van der Waals surface area contributed by atoms with Gasteiger partial charge in [-0.05, 0) is 42.8 Å². The lowest BCUT2D eigenvalue weighted by atomic mass is 9.92. The van der Waals surface area contributed by atoms with Crippen LogP contribution in [0.4, 0.5) is 4.79 Å². The topological polar surface area (TPSA) is 94.2 Å². The van der Waals surface area contributed by atoms with Gasteiger partial charge in [-0.15, -0.1) is 0 Å². The minimum absolute atomic E-state index is 0.227. The van der Waals surface area contributed by atoms with Crippen molar-refractivity contribution in [2.24, 2.45) is 0 Å². The van der Waals surface area contributed by atoms with E-state index in [1.54, 1.807) is 50.4 Å². The molecule has 0 saturated carbocycles. The van der Waals surface area contributed by atoms with E-state index in [9.17, 15) is 14.4 Å². The summed E-state index contributed by atoms with van der Waals surface area (Å²) in [5.74, 6) is 0.479. The normalized spacial score (nSPS) is 18.4. The van der Waals surface area contributed by atoms with Crippen molar-refractivity contribution < 1.29 is 28.6 Å². The number of Topliss-reactive ketones (excluding diaryl/α,β-unsaturated/α-hetero) is 1. The zero-order valence-electron chi connectivity index (χ0n) is 16.6. The molecule has 1 saturated heterocycles. The molecule has 0 aliphatic carbocycles. The molecule has 0 aromatic heterocycles. The molecule has 8 heteroatoms. The number of nitrogens with one attached hydrogen (secondary N) is 1. The van der Waals surface area contributed by atoms with E-state index in [1.165, 1.54) is 20.3 Å². The van der Waals surface area contributed by atoms with Gasteiger partial charge in [0.2, 0.25) is 0 Å². The minimum atomic E-state index is -1.28. The maximum Gasteiger partial charge on any atom is 0.325 e. The van der Waals surface area contributed by atoms with Crippen LogP contribution in [0.25, 0.3) is 0 Å². The fraction of sp³-hybridized carbons (Fsp3) is 0.286. The summed E-state index contributed by atoms with van der Waals surface area (Å²) in [6.07, 6.45) is 0. The SMILES string of the molecule is COc1ccc([C@]2(C)NC(=O)N(CC(=O)c3cc(OC)ccc3OC)C2=O)cc1. The highest BCUT2D eigenvalue weighted by Crippen LogP contribution is 2.31. The van der Waals surface area contributed by atoms with E-state index in [-0.39, 0.29) is 5.56 Å². The second-order valence-electron chi connectivity index (χ2n) is 6.66. The monoisotopic (exact) mass is 398 g/mol. The van der Waals surface area contributed by atoms with Crippen LogP contribution in [0.5, 0.6) is 17.2 Å². The summed E-state index contributed by atoms with van der Waals surface area (Å²) < 4.78 is 15.5. The highest BCUT2D eigenvalue weighted by Gasteiger charge is 2.49. The van der Waals surface area contributed by atoms with Gasteiger partial charge in [0.25, 0.3) is 5.91 Å². The molecule has 1 fully saturated rings. The first-order valence-electron chi connectivity index (χ1n) is 8.88. The number of urea groups is 1. The number of imide groups is 1. The number of ether oxygens (including phenoxy) is 3. The van der Waals surface area contributed by atoms with Crippen LogP contribution in [0.1, 0.15) is 22.8 Å². The third-order valence-corrected chi connectivity index (χ3v) is 4.95. The van der Waals surface area contributed by atoms with Gasteiger partial charge in [-0.2, -0.15) is 0 Å². The molecule has 0 bridgehead atoms. The molecule has 3 amide bonds. The maximum atomic E-state index is 13.0. The molecular formula is C21H22N2O6. The molecule has 8 nitrogen and oxygen atoms in total. The number of hydrogen-bond donors (Lipinski definition) is 1. The van der Waals surface area contributed by atoms with Crippen molar-refractivity contribution in [3.63, 3.8) is 0 Å². The van der Waals surface area contributed by atoms with Gasteiger partial charge >= 0.3 is 6.03 Å². The Bertz CT molecular complexity index is 956. The number of carbonyl (C=O) groups excluding carboxylic acids is 3. The summed E-state index contributed by atoms with van der Waals surface area (Å²) in [6.45, 7) is 1.19. The van der Waals surface area contributed by atoms with E-state index >= 15 is 0 Å². The Kier molecular flexibility index (Phi) is 5.45. The Morgan fingerprint density at radius 3 is 2.17 bits per heavy atom. The smallest absolute Gasteiger partial charge is 0.325 e. The van der Waals surface area contributed by atoms with Crippen LogP contribution in [0, 0.1) is 0 Å². The predicted octanol–water partition coefficient (Wildman–Crippen LogP) is 2.36. The highest BCUT2D eigenvalue weighted by atomic mass is 16.5. The van der Waals surface area contributed by atoms with Gasteiger partial charge in [-0.25, -0.2) is 4.79 Å². The first-order chi connectivity index (χ1) is 13.8. The van der Waals surface area contributed by atoms with E-state index in [4.69, 9.17) is 14.2 Å². The number of carbonyl (C=O) groups is 3. The first kappa shape index (κ1) is 20.2. The van der Waals surface area contributed by atoms with Crippen molar-refractivity contribution in [1.29, 1.82) is 0 Å². The lowest BCUT2D eigenvalue weighted by Gasteiger charge is -2.22. The zero-order valence-corrected chi connectivity index (χ0v) is 16.6. The van der Waals surface area contributed by atoms with Crippen molar-refractivity contribution in [3.8, 4) is 17.2 Å². The number of ketones is 1. The molecule has 1 aliphatic heterocycles. The fourth-order valence-corrected chi connectivity index (χ4v) is 3.22. The molecule has 1 aliphatic rings. The number of hydrogen-bond acceptors (Lipinski definition) is 6. The molecule has 2 aromatic rings. The molecular weight excluding hydrogens is 376 g/mol. The number of benzene rings is 2. The number of methoxy groups -OCH3 is 3. The molecule has 3 rings (SSSR count). The quantitative estimate of drug-likeness (QED) is 0.568. The minimum Gasteiger partial charge on any atom is -0.497 e. The van der Waals surface area contributed by atoms with Crippen LogP contribution in [-0.2, 0) is 10.3 Å². The van der Waals surface area contributed by atoms with Crippen LogP contribution in [0.2, 0.25) is 0 Å². The van der Waals surface area contributed by atoms with Gasteiger partial charge in [-0.1, -0.05) is 12.1 Å². The molecule has 0 radical (unpaired) electrons. The maximum absolute atomic E-state index is 13.0. The molecule has 29 heavy (non-hydrogen) atoms. The van der Waals surface area contributed by atoms with Gasteiger partial charge in [0.15, 0.2) is 5.78 Å². The summed E-state index contributed by atoms with van der Waals surface area (Å²) in [5.41, 5.74) is -0.460. The van der Waals surface area contributed by atoms with Crippen molar-refractivity contribution in [3.05, 3.63) is 53.6 Å². The molecule has 0 spiro atoms. The standard InChI is InChI=1S/C21H22N2O6/c1-21(13-5-7-14(27-2)8-6-13)19(25)23(20(26)22-21)12-17(24)16-11-15(28-3)9-10-18(16)29-4/h5-11H,12H2,1-4H3,(H,22,26)/t21-/m0/s1.